The van der Waals surface area contributed by atoms with E-state index in [1.54, 1.807) is 0 Å². The largest absolute Gasteiger partial charge is 0.381 e. The number of H-pyrrole nitrogens is 1. The second-order valence-electron chi connectivity index (χ2n) is 5.05. The van der Waals surface area contributed by atoms with E-state index in [-0.39, 0.29) is 5.92 Å². The van der Waals surface area contributed by atoms with Gasteiger partial charge in [0.1, 0.15) is 5.69 Å². The van der Waals surface area contributed by atoms with E-state index in [4.69, 9.17) is 9.26 Å². The molecule has 2 aromatic heterocycles. The zero-order chi connectivity index (χ0) is 14.1. The third kappa shape index (κ3) is 2.34. The summed E-state index contributed by atoms with van der Waals surface area (Å²) in [6.07, 6.45) is 0.942. The third-order valence-corrected chi connectivity index (χ3v) is 3.61. The van der Waals surface area contributed by atoms with E-state index < -0.39 is 0 Å². The molecule has 0 spiro atoms. The Hall–Kier alpha value is -2.47. The molecule has 4 rings (SSSR count). The summed E-state index contributed by atoms with van der Waals surface area (Å²) in [6, 6.07) is 11.9. The standard InChI is InChI=1S/C15H14N4O2/c1-2-4-10(5-3-1)12-8-13(18-17-12)15-16-14(19-21-15)11-6-7-20-9-11/h1-5,8,11H,6-7,9H2,(H,17,18)/t11-/m0/s1. The van der Waals surface area contributed by atoms with Crippen molar-refractivity contribution < 1.29 is 9.26 Å². The van der Waals surface area contributed by atoms with Crippen molar-refractivity contribution in [1.29, 1.82) is 0 Å². The summed E-state index contributed by atoms with van der Waals surface area (Å²) in [4.78, 5) is 4.44. The van der Waals surface area contributed by atoms with Crippen molar-refractivity contribution in [1.82, 2.24) is 20.3 Å². The van der Waals surface area contributed by atoms with Gasteiger partial charge in [-0.15, -0.1) is 0 Å². The predicted molar refractivity (Wildman–Crippen MR) is 75.5 cm³/mol. The second kappa shape index (κ2) is 5.14. The Labute approximate surface area is 121 Å². The maximum absolute atomic E-state index is 5.35. The van der Waals surface area contributed by atoms with Crippen molar-refractivity contribution in [2.24, 2.45) is 0 Å². The van der Waals surface area contributed by atoms with E-state index in [2.05, 4.69) is 20.3 Å². The van der Waals surface area contributed by atoms with Gasteiger partial charge in [-0.05, 0) is 12.5 Å². The minimum absolute atomic E-state index is 0.235. The molecule has 0 aliphatic carbocycles. The van der Waals surface area contributed by atoms with Crippen molar-refractivity contribution >= 4 is 0 Å². The summed E-state index contributed by atoms with van der Waals surface area (Å²) in [7, 11) is 0. The first-order chi connectivity index (χ1) is 10.4. The van der Waals surface area contributed by atoms with Crippen molar-refractivity contribution in [2.45, 2.75) is 12.3 Å². The molecule has 0 unspecified atom stereocenters. The molecule has 1 aliphatic rings. The summed E-state index contributed by atoms with van der Waals surface area (Å²) < 4.78 is 10.7. The van der Waals surface area contributed by atoms with E-state index in [1.807, 2.05) is 36.4 Å². The van der Waals surface area contributed by atoms with Gasteiger partial charge in [-0.25, -0.2) is 0 Å². The van der Waals surface area contributed by atoms with Gasteiger partial charge in [-0.3, -0.25) is 5.10 Å². The molecule has 1 N–H and O–H groups in total. The molecule has 1 atom stereocenters. The highest BCUT2D eigenvalue weighted by Gasteiger charge is 2.24. The fourth-order valence-corrected chi connectivity index (χ4v) is 2.44. The number of ether oxygens (including phenoxy) is 1. The topological polar surface area (TPSA) is 76.8 Å². The summed E-state index contributed by atoms with van der Waals surface area (Å²) >= 11 is 0. The maximum atomic E-state index is 5.35. The Bertz CT molecular complexity index is 729. The summed E-state index contributed by atoms with van der Waals surface area (Å²) in [6.45, 7) is 1.42. The van der Waals surface area contributed by atoms with Crippen LogP contribution in [0.25, 0.3) is 22.8 Å². The van der Waals surface area contributed by atoms with Crippen LogP contribution in [0.3, 0.4) is 0 Å². The lowest BCUT2D eigenvalue weighted by Crippen LogP contribution is -1.99. The number of hydrogen-bond acceptors (Lipinski definition) is 5. The first kappa shape index (κ1) is 12.3. The van der Waals surface area contributed by atoms with Crippen LogP contribution in [0.2, 0.25) is 0 Å². The number of nitrogens with zero attached hydrogens (tertiary/aromatic N) is 3. The number of hydrogen-bond donors (Lipinski definition) is 1. The number of nitrogens with one attached hydrogen (secondary N) is 1. The lowest BCUT2D eigenvalue weighted by atomic mass is 10.1. The average Bonchev–Trinajstić information content (AvgIpc) is 3.27. The number of aromatic amines is 1. The molecule has 1 aliphatic heterocycles. The van der Waals surface area contributed by atoms with Gasteiger partial charge in [0.2, 0.25) is 0 Å². The van der Waals surface area contributed by atoms with Crippen molar-refractivity contribution in [3.63, 3.8) is 0 Å². The van der Waals surface area contributed by atoms with Gasteiger partial charge in [-0.1, -0.05) is 35.5 Å². The molecule has 1 fully saturated rings. The Morgan fingerprint density at radius 2 is 2.10 bits per heavy atom. The zero-order valence-corrected chi connectivity index (χ0v) is 11.3. The molecule has 0 radical (unpaired) electrons. The van der Waals surface area contributed by atoms with Crippen LogP contribution in [0.4, 0.5) is 0 Å². The fraction of sp³-hybridized carbons (Fsp3) is 0.267. The van der Waals surface area contributed by atoms with Gasteiger partial charge in [0.15, 0.2) is 5.82 Å². The third-order valence-electron chi connectivity index (χ3n) is 3.61. The minimum atomic E-state index is 0.235. The first-order valence-electron chi connectivity index (χ1n) is 6.93. The predicted octanol–water partition coefficient (Wildman–Crippen LogP) is 2.63. The molecule has 3 aromatic rings. The summed E-state index contributed by atoms with van der Waals surface area (Å²) in [5.74, 6) is 1.41. The van der Waals surface area contributed by atoms with Crippen molar-refractivity contribution in [3.8, 4) is 22.8 Å². The molecule has 106 valence electrons. The quantitative estimate of drug-likeness (QED) is 0.799. The van der Waals surface area contributed by atoms with Gasteiger partial charge in [0, 0.05) is 18.1 Å². The van der Waals surface area contributed by atoms with E-state index in [0.29, 0.717) is 18.3 Å². The molecule has 0 bridgehead atoms. The Morgan fingerprint density at radius 1 is 1.19 bits per heavy atom. The van der Waals surface area contributed by atoms with Crippen LogP contribution in [-0.2, 0) is 4.74 Å². The monoisotopic (exact) mass is 282 g/mol. The zero-order valence-electron chi connectivity index (χ0n) is 11.3. The lowest BCUT2D eigenvalue weighted by Gasteiger charge is -1.97. The van der Waals surface area contributed by atoms with Gasteiger partial charge < -0.3 is 9.26 Å². The summed E-state index contributed by atoms with van der Waals surface area (Å²) in [5.41, 5.74) is 2.63. The van der Waals surface area contributed by atoms with Crippen LogP contribution < -0.4 is 0 Å². The van der Waals surface area contributed by atoms with Crippen molar-refractivity contribution in [3.05, 3.63) is 42.2 Å². The Morgan fingerprint density at radius 3 is 2.90 bits per heavy atom. The maximum Gasteiger partial charge on any atom is 0.275 e. The van der Waals surface area contributed by atoms with Crippen LogP contribution in [0.5, 0.6) is 0 Å². The number of benzene rings is 1. The molecular formula is C15H14N4O2. The molecule has 21 heavy (non-hydrogen) atoms. The average molecular weight is 282 g/mol. The van der Waals surface area contributed by atoms with E-state index >= 15 is 0 Å². The first-order valence-corrected chi connectivity index (χ1v) is 6.93. The number of aromatic nitrogens is 4. The second-order valence-corrected chi connectivity index (χ2v) is 5.05. The van der Waals surface area contributed by atoms with Crippen LogP contribution in [0.1, 0.15) is 18.2 Å². The minimum Gasteiger partial charge on any atom is -0.381 e. The molecule has 6 heteroatoms. The van der Waals surface area contributed by atoms with Crippen LogP contribution in [0, 0.1) is 0 Å². The molecule has 0 amide bonds. The Kier molecular flexibility index (Phi) is 3.01. The normalized spacial score (nSPS) is 18.2. The fourth-order valence-electron chi connectivity index (χ4n) is 2.44. The highest BCUT2D eigenvalue weighted by Crippen LogP contribution is 2.26. The highest BCUT2D eigenvalue weighted by molar-refractivity contribution is 5.64. The lowest BCUT2D eigenvalue weighted by molar-refractivity contribution is 0.192. The molecule has 6 nitrogen and oxygen atoms in total. The molecule has 1 saturated heterocycles. The summed E-state index contributed by atoms with van der Waals surface area (Å²) in [5, 5.41) is 11.3. The van der Waals surface area contributed by atoms with Gasteiger partial charge in [-0.2, -0.15) is 10.1 Å². The van der Waals surface area contributed by atoms with E-state index in [1.165, 1.54) is 0 Å². The van der Waals surface area contributed by atoms with Crippen LogP contribution >= 0.6 is 0 Å². The van der Waals surface area contributed by atoms with Gasteiger partial charge >= 0.3 is 0 Å². The highest BCUT2D eigenvalue weighted by atomic mass is 16.5. The smallest absolute Gasteiger partial charge is 0.275 e. The van der Waals surface area contributed by atoms with Crippen molar-refractivity contribution in [2.75, 3.05) is 13.2 Å². The van der Waals surface area contributed by atoms with Gasteiger partial charge in [0.25, 0.3) is 5.89 Å². The van der Waals surface area contributed by atoms with Crippen LogP contribution in [-0.4, -0.2) is 33.6 Å². The van der Waals surface area contributed by atoms with Crippen LogP contribution in [0.15, 0.2) is 40.9 Å². The van der Waals surface area contributed by atoms with Gasteiger partial charge in [0.05, 0.1) is 12.3 Å². The number of rotatable bonds is 3. The molecule has 3 heterocycles. The molecular weight excluding hydrogens is 268 g/mol. The van der Waals surface area contributed by atoms with E-state index in [0.717, 1.165) is 30.0 Å². The Balaban J connectivity index is 1.61. The van der Waals surface area contributed by atoms with E-state index in [9.17, 15) is 0 Å². The SMILES string of the molecule is c1ccc(-c2cc(-c3nc([C@H]4CCOC4)no3)[nH]n2)cc1. The molecule has 0 saturated carbocycles. The molecule has 1 aromatic carbocycles.